The standard InChI is InChI=1S/C14H16N2O3/c1-10(12-6-5-11(2)19-12)7-8-15-16-14(17)13-4-3-9-18-13/h3-6,8-10H,7H2,1-2H3,(H,16,17)/b15-8-/t10-/m0/s1. The molecule has 1 atom stereocenters. The number of amides is 1. The number of nitrogens with one attached hydrogen (secondary N) is 1. The summed E-state index contributed by atoms with van der Waals surface area (Å²) in [6, 6.07) is 7.12. The molecule has 0 aromatic carbocycles. The molecule has 0 aliphatic carbocycles. The molecule has 0 aliphatic heterocycles. The van der Waals surface area contributed by atoms with Gasteiger partial charge >= 0.3 is 5.91 Å². The molecule has 2 rings (SSSR count). The first-order valence-electron chi connectivity index (χ1n) is 6.08. The maximum absolute atomic E-state index is 11.5. The van der Waals surface area contributed by atoms with Gasteiger partial charge in [-0.2, -0.15) is 5.10 Å². The Kier molecular flexibility index (Phi) is 4.18. The molecule has 2 heterocycles. The fourth-order valence-corrected chi connectivity index (χ4v) is 1.61. The summed E-state index contributed by atoms with van der Waals surface area (Å²) in [5.41, 5.74) is 2.40. The van der Waals surface area contributed by atoms with Gasteiger partial charge in [-0.1, -0.05) is 6.92 Å². The van der Waals surface area contributed by atoms with Gasteiger partial charge in [-0.05, 0) is 37.6 Å². The number of carbonyl (C=O) groups excluding carboxylic acids is 1. The Balaban J connectivity index is 1.79. The molecule has 0 spiro atoms. The van der Waals surface area contributed by atoms with E-state index in [1.807, 2.05) is 26.0 Å². The van der Waals surface area contributed by atoms with Crippen LogP contribution in [0.25, 0.3) is 0 Å². The highest BCUT2D eigenvalue weighted by molar-refractivity contribution is 5.91. The minimum atomic E-state index is -0.359. The fourth-order valence-electron chi connectivity index (χ4n) is 1.61. The van der Waals surface area contributed by atoms with E-state index in [1.54, 1.807) is 18.3 Å². The number of carbonyl (C=O) groups is 1. The van der Waals surface area contributed by atoms with Crippen LogP contribution in [0.1, 0.15) is 41.3 Å². The molecule has 5 heteroatoms. The summed E-state index contributed by atoms with van der Waals surface area (Å²) in [7, 11) is 0. The zero-order chi connectivity index (χ0) is 13.7. The van der Waals surface area contributed by atoms with Crippen LogP contribution in [-0.2, 0) is 0 Å². The van der Waals surface area contributed by atoms with Crippen LogP contribution < -0.4 is 5.43 Å². The number of hydrogen-bond donors (Lipinski definition) is 1. The smallest absolute Gasteiger partial charge is 0.307 e. The Bertz CT molecular complexity index is 555. The Morgan fingerprint density at radius 1 is 1.47 bits per heavy atom. The lowest BCUT2D eigenvalue weighted by Crippen LogP contribution is -2.16. The van der Waals surface area contributed by atoms with E-state index >= 15 is 0 Å². The summed E-state index contributed by atoms with van der Waals surface area (Å²) in [5, 5.41) is 3.87. The summed E-state index contributed by atoms with van der Waals surface area (Å²) in [4.78, 5) is 11.5. The molecule has 1 amide bonds. The average molecular weight is 260 g/mol. The third kappa shape index (κ3) is 3.58. The minimum absolute atomic E-state index is 0.220. The van der Waals surface area contributed by atoms with Crippen molar-refractivity contribution >= 4 is 12.1 Å². The van der Waals surface area contributed by atoms with Crippen LogP contribution in [0.4, 0.5) is 0 Å². The maximum Gasteiger partial charge on any atom is 0.307 e. The Labute approximate surface area is 111 Å². The van der Waals surface area contributed by atoms with Gasteiger partial charge < -0.3 is 8.83 Å². The van der Waals surface area contributed by atoms with Crippen molar-refractivity contribution in [2.75, 3.05) is 0 Å². The molecule has 19 heavy (non-hydrogen) atoms. The van der Waals surface area contributed by atoms with Crippen LogP contribution in [0.5, 0.6) is 0 Å². The number of aryl methyl sites for hydroxylation is 1. The van der Waals surface area contributed by atoms with Crippen molar-refractivity contribution < 1.29 is 13.6 Å². The molecule has 1 N–H and O–H groups in total. The van der Waals surface area contributed by atoms with Crippen LogP contribution in [0.2, 0.25) is 0 Å². The van der Waals surface area contributed by atoms with Crippen molar-refractivity contribution in [1.82, 2.24) is 5.43 Å². The molecule has 0 bridgehead atoms. The van der Waals surface area contributed by atoms with Gasteiger partial charge in [0.2, 0.25) is 0 Å². The normalized spacial score (nSPS) is 12.7. The third-order valence-electron chi connectivity index (χ3n) is 2.71. The van der Waals surface area contributed by atoms with E-state index < -0.39 is 0 Å². The van der Waals surface area contributed by atoms with Crippen molar-refractivity contribution in [2.45, 2.75) is 26.2 Å². The topological polar surface area (TPSA) is 67.7 Å². The number of rotatable bonds is 5. The molecule has 0 unspecified atom stereocenters. The minimum Gasteiger partial charge on any atom is -0.466 e. The summed E-state index contributed by atoms with van der Waals surface area (Å²) in [6.07, 6.45) is 3.79. The maximum atomic E-state index is 11.5. The summed E-state index contributed by atoms with van der Waals surface area (Å²) in [6.45, 7) is 3.95. The van der Waals surface area contributed by atoms with E-state index in [9.17, 15) is 4.79 Å². The van der Waals surface area contributed by atoms with Crippen LogP contribution in [-0.4, -0.2) is 12.1 Å². The third-order valence-corrected chi connectivity index (χ3v) is 2.71. The van der Waals surface area contributed by atoms with E-state index in [0.717, 1.165) is 11.5 Å². The average Bonchev–Trinajstić information content (AvgIpc) is 3.04. The first-order chi connectivity index (χ1) is 9.16. The lowest BCUT2D eigenvalue weighted by atomic mass is 10.1. The molecule has 0 fully saturated rings. The Morgan fingerprint density at radius 2 is 2.32 bits per heavy atom. The summed E-state index contributed by atoms with van der Waals surface area (Å²) in [5.74, 6) is 1.92. The van der Waals surface area contributed by atoms with Crippen molar-refractivity contribution in [3.63, 3.8) is 0 Å². The van der Waals surface area contributed by atoms with Gasteiger partial charge in [-0.3, -0.25) is 4.79 Å². The molecule has 0 saturated heterocycles. The van der Waals surface area contributed by atoms with Crippen molar-refractivity contribution in [2.24, 2.45) is 5.10 Å². The first-order valence-corrected chi connectivity index (χ1v) is 6.08. The number of hydrogen-bond acceptors (Lipinski definition) is 4. The number of furan rings is 2. The predicted molar refractivity (Wildman–Crippen MR) is 71.1 cm³/mol. The van der Waals surface area contributed by atoms with Crippen molar-refractivity contribution in [3.8, 4) is 0 Å². The van der Waals surface area contributed by atoms with Crippen LogP contribution >= 0.6 is 0 Å². The zero-order valence-corrected chi connectivity index (χ0v) is 10.9. The van der Waals surface area contributed by atoms with Crippen LogP contribution in [0.3, 0.4) is 0 Å². The lowest BCUT2D eigenvalue weighted by Gasteiger charge is -2.03. The van der Waals surface area contributed by atoms with Gasteiger partial charge in [-0.25, -0.2) is 5.43 Å². The van der Waals surface area contributed by atoms with Gasteiger partial charge in [0.25, 0.3) is 0 Å². The second-order valence-corrected chi connectivity index (χ2v) is 4.32. The fraction of sp³-hybridized carbons (Fsp3) is 0.286. The monoisotopic (exact) mass is 260 g/mol. The van der Waals surface area contributed by atoms with Crippen LogP contribution in [0.15, 0.2) is 44.5 Å². The SMILES string of the molecule is Cc1ccc([C@@H](C)C/C=N\NC(=O)c2ccco2)o1. The van der Waals surface area contributed by atoms with E-state index in [1.165, 1.54) is 6.26 Å². The van der Waals surface area contributed by atoms with Gasteiger partial charge in [-0.15, -0.1) is 0 Å². The largest absolute Gasteiger partial charge is 0.466 e. The van der Waals surface area contributed by atoms with E-state index in [2.05, 4.69) is 10.5 Å². The van der Waals surface area contributed by atoms with Gasteiger partial charge in [0, 0.05) is 12.1 Å². The predicted octanol–water partition coefficient (Wildman–Crippen LogP) is 3.09. The van der Waals surface area contributed by atoms with Gasteiger partial charge in [0.1, 0.15) is 11.5 Å². The van der Waals surface area contributed by atoms with Gasteiger partial charge in [0.15, 0.2) is 5.76 Å². The highest BCUT2D eigenvalue weighted by atomic mass is 16.3. The molecule has 2 aromatic rings. The number of hydrazone groups is 1. The first kappa shape index (κ1) is 13.1. The van der Waals surface area contributed by atoms with Crippen molar-refractivity contribution in [3.05, 3.63) is 47.8 Å². The summed E-state index contributed by atoms with van der Waals surface area (Å²) < 4.78 is 10.5. The summed E-state index contributed by atoms with van der Waals surface area (Å²) >= 11 is 0. The van der Waals surface area contributed by atoms with Gasteiger partial charge in [0.05, 0.1) is 6.26 Å². The van der Waals surface area contributed by atoms with E-state index in [0.29, 0.717) is 6.42 Å². The van der Waals surface area contributed by atoms with E-state index in [-0.39, 0.29) is 17.6 Å². The zero-order valence-electron chi connectivity index (χ0n) is 10.9. The molecule has 0 radical (unpaired) electrons. The second kappa shape index (κ2) is 6.04. The Morgan fingerprint density at radius 3 is 2.95 bits per heavy atom. The lowest BCUT2D eigenvalue weighted by molar-refractivity contribution is 0.0927. The quantitative estimate of drug-likeness (QED) is 0.663. The molecule has 0 aliphatic rings. The molecular formula is C14H16N2O3. The Hall–Kier alpha value is -2.30. The second-order valence-electron chi connectivity index (χ2n) is 4.32. The molecule has 0 saturated carbocycles. The van der Waals surface area contributed by atoms with Crippen molar-refractivity contribution in [1.29, 1.82) is 0 Å². The highest BCUT2D eigenvalue weighted by Crippen LogP contribution is 2.19. The number of nitrogens with zero attached hydrogens (tertiary/aromatic N) is 1. The molecule has 5 nitrogen and oxygen atoms in total. The molecule has 100 valence electrons. The highest BCUT2D eigenvalue weighted by Gasteiger charge is 2.08. The molecular weight excluding hydrogens is 244 g/mol. The van der Waals surface area contributed by atoms with E-state index in [4.69, 9.17) is 8.83 Å². The van der Waals surface area contributed by atoms with Crippen LogP contribution in [0, 0.1) is 6.92 Å². The molecule has 2 aromatic heterocycles.